The first-order chi connectivity index (χ1) is 9.26. The van der Waals surface area contributed by atoms with E-state index < -0.39 is 0 Å². The Morgan fingerprint density at radius 1 is 1.42 bits per heavy atom. The molecule has 0 radical (unpaired) electrons. The van der Waals surface area contributed by atoms with Gasteiger partial charge in [-0.25, -0.2) is 0 Å². The van der Waals surface area contributed by atoms with E-state index >= 15 is 0 Å². The van der Waals surface area contributed by atoms with Crippen molar-refractivity contribution in [3.8, 4) is 0 Å². The SMILES string of the molecule is CCCN(C1CCCNC1)C(C)c1ccc(CC)s1. The predicted octanol–water partition coefficient (Wildman–Crippen LogP) is 3.84. The topological polar surface area (TPSA) is 15.3 Å². The smallest absolute Gasteiger partial charge is 0.0416 e. The van der Waals surface area contributed by atoms with Crippen LogP contribution < -0.4 is 5.32 Å². The molecular weight excluding hydrogens is 252 g/mol. The zero-order chi connectivity index (χ0) is 13.7. The Morgan fingerprint density at radius 3 is 2.84 bits per heavy atom. The van der Waals surface area contributed by atoms with Gasteiger partial charge >= 0.3 is 0 Å². The number of nitrogens with one attached hydrogen (secondary N) is 1. The summed E-state index contributed by atoms with van der Waals surface area (Å²) in [6.07, 6.45) is 5.08. The maximum Gasteiger partial charge on any atom is 0.0416 e. The molecule has 1 N–H and O–H groups in total. The zero-order valence-electron chi connectivity index (χ0n) is 12.6. The van der Waals surface area contributed by atoms with Crippen LogP contribution in [0.3, 0.4) is 0 Å². The Balaban J connectivity index is 2.08. The van der Waals surface area contributed by atoms with Crippen molar-refractivity contribution in [2.45, 2.75) is 58.5 Å². The van der Waals surface area contributed by atoms with E-state index in [0.29, 0.717) is 6.04 Å². The van der Waals surface area contributed by atoms with E-state index in [9.17, 15) is 0 Å². The minimum Gasteiger partial charge on any atom is -0.315 e. The molecule has 1 aromatic heterocycles. The molecule has 0 saturated carbocycles. The molecule has 0 amide bonds. The number of hydrogen-bond donors (Lipinski definition) is 1. The molecule has 2 unspecified atom stereocenters. The van der Waals surface area contributed by atoms with Crippen LogP contribution in [-0.4, -0.2) is 30.6 Å². The Kier molecular flexibility index (Phi) is 5.86. The number of thiophene rings is 1. The monoisotopic (exact) mass is 280 g/mol. The van der Waals surface area contributed by atoms with Gasteiger partial charge in [-0.05, 0) is 57.8 Å². The Morgan fingerprint density at radius 2 is 2.26 bits per heavy atom. The van der Waals surface area contributed by atoms with Gasteiger partial charge in [-0.3, -0.25) is 4.90 Å². The molecule has 3 heteroatoms. The van der Waals surface area contributed by atoms with Gasteiger partial charge in [0.15, 0.2) is 0 Å². The molecule has 2 nitrogen and oxygen atoms in total. The van der Waals surface area contributed by atoms with Crippen molar-refractivity contribution in [2.75, 3.05) is 19.6 Å². The minimum absolute atomic E-state index is 0.565. The van der Waals surface area contributed by atoms with E-state index in [0.717, 1.165) is 19.0 Å². The van der Waals surface area contributed by atoms with Crippen molar-refractivity contribution in [2.24, 2.45) is 0 Å². The van der Waals surface area contributed by atoms with Gasteiger partial charge in [0.25, 0.3) is 0 Å². The van der Waals surface area contributed by atoms with Crippen LogP contribution in [0.4, 0.5) is 0 Å². The molecular formula is C16H28N2S. The van der Waals surface area contributed by atoms with Gasteiger partial charge in [-0.15, -0.1) is 11.3 Å². The van der Waals surface area contributed by atoms with Gasteiger partial charge in [-0.1, -0.05) is 13.8 Å². The van der Waals surface area contributed by atoms with Crippen LogP contribution in [0.25, 0.3) is 0 Å². The number of nitrogens with zero attached hydrogens (tertiary/aromatic N) is 1. The van der Waals surface area contributed by atoms with Gasteiger partial charge in [0.1, 0.15) is 0 Å². The Bertz CT molecular complexity index is 369. The van der Waals surface area contributed by atoms with Gasteiger partial charge in [0, 0.05) is 28.4 Å². The van der Waals surface area contributed by atoms with Crippen LogP contribution >= 0.6 is 11.3 Å². The fourth-order valence-corrected chi connectivity index (χ4v) is 4.06. The molecule has 1 saturated heterocycles. The highest BCUT2D eigenvalue weighted by molar-refractivity contribution is 7.12. The number of hydrogen-bond acceptors (Lipinski definition) is 3. The normalized spacial score (nSPS) is 21.8. The molecule has 2 rings (SSSR count). The highest BCUT2D eigenvalue weighted by Gasteiger charge is 2.26. The van der Waals surface area contributed by atoms with E-state index in [1.165, 1.54) is 42.1 Å². The van der Waals surface area contributed by atoms with Crippen LogP contribution in [0.1, 0.15) is 55.8 Å². The first-order valence-corrected chi connectivity index (χ1v) is 8.63. The Labute approximate surface area is 122 Å². The quantitative estimate of drug-likeness (QED) is 0.852. The van der Waals surface area contributed by atoms with Crippen molar-refractivity contribution in [3.63, 3.8) is 0 Å². The average molecular weight is 280 g/mol. The molecule has 1 aliphatic rings. The molecule has 1 fully saturated rings. The van der Waals surface area contributed by atoms with Gasteiger partial charge in [-0.2, -0.15) is 0 Å². The maximum absolute atomic E-state index is 3.56. The van der Waals surface area contributed by atoms with Crippen molar-refractivity contribution < 1.29 is 0 Å². The largest absolute Gasteiger partial charge is 0.315 e. The molecule has 19 heavy (non-hydrogen) atoms. The average Bonchev–Trinajstić information content (AvgIpc) is 2.94. The first-order valence-electron chi connectivity index (χ1n) is 7.81. The summed E-state index contributed by atoms with van der Waals surface area (Å²) in [5, 5.41) is 3.56. The second-order valence-corrected chi connectivity index (χ2v) is 6.77. The van der Waals surface area contributed by atoms with Crippen molar-refractivity contribution in [1.29, 1.82) is 0 Å². The summed E-state index contributed by atoms with van der Waals surface area (Å²) in [6, 6.07) is 5.93. The second kappa shape index (κ2) is 7.41. The number of piperidine rings is 1. The molecule has 2 heterocycles. The molecule has 0 bridgehead atoms. The summed E-state index contributed by atoms with van der Waals surface area (Å²) < 4.78 is 0. The third kappa shape index (κ3) is 3.80. The number of aryl methyl sites for hydroxylation is 1. The number of rotatable bonds is 6. The van der Waals surface area contributed by atoms with E-state index in [-0.39, 0.29) is 0 Å². The maximum atomic E-state index is 3.56. The molecule has 0 spiro atoms. The summed E-state index contributed by atoms with van der Waals surface area (Å²) in [7, 11) is 0. The van der Waals surface area contributed by atoms with E-state index in [4.69, 9.17) is 0 Å². The minimum atomic E-state index is 0.565. The molecule has 108 valence electrons. The molecule has 1 aliphatic heterocycles. The lowest BCUT2D eigenvalue weighted by Crippen LogP contribution is -2.47. The lowest BCUT2D eigenvalue weighted by Gasteiger charge is -2.38. The molecule has 2 atom stereocenters. The summed E-state index contributed by atoms with van der Waals surface area (Å²) in [4.78, 5) is 5.77. The highest BCUT2D eigenvalue weighted by atomic mass is 32.1. The molecule has 1 aromatic rings. The lowest BCUT2D eigenvalue weighted by atomic mass is 10.0. The van der Waals surface area contributed by atoms with E-state index in [1.54, 1.807) is 0 Å². The summed E-state index contributed by atoms with van der Waals surface area (Å²) >= 11 is 2.00. The molecule has 0 aromatic carbocycles. The van der Waals surface area contributed by atoms with Crippen LogP contribution in [0.15, 0.2) is 12.1 Å². The van der Waals surface area contributed by atoms with Crippen LogP contribution in [0.2, 0.25) is 0 Å². The summed E-state index contributed by atoms with van der Waals surface area (Å²) in [5.41, 5.74) is 0. The summed E-state index contributed by atoms with van der Waals surface area (Å²) in [6.45, 7) is 10.5. The van der Waals surface area contributed by atoms with E-state index in [1.807, 2.05) is 11.3 Å². The lowest BCUT2D eigenvalue weighted by molar-refractivity contribution is 0.122. The van der Waals surface area contributed by atoms with Crippen LogP contribution in [-0.2, 0) is 6.42 Å². The van der Waals surface area contributed by atoms with Crippen molar-refractivity contribution >= 4 is 11.3 Å². The first kappa shape index (κ1) is 15.0. The molecule has 0 aliphatic carbocycles. The summed E-state index contributed by atoms with van der Waals surface area (Å²) in [5.74, 6) is 0. The second-order valence-electron chi connectivity index (χ2n) is 5.57. The van der Waals surface area contributed by atoms with E-state index in [2.05, 4.69) is 43.1 Å². The fraction of sp³-hybridized carbons (Fsp3) is 0.750. The fourth-order valence-electron chi connectivity index (χ4n) is 3.04. The third-order valence-corrected chi connectivity index (χ3v) is 5.56. The zero-order valence-corrected chi connectivity index (χ0v) is 13.4. The Hall–Kier alpha value is -0.380. The van der Waals surface area contributed by atoms with Gasteiger partial charge in [0.05, 0.1) is 0 Å². The standard InChI is InChI=1S/C16H28N2S/c1-4-11-18(14-7-6-10-17-12-14)13(3)16-9-8-15(5-2)19-16/h8-9,13-14,17H,4-7,10-12H2,1-3H3. The third-order valence-electron chi connectivity index (χ3n) is 4.16. The predicted molar refractivity (Wildman–Crippen MR) is 85.0 cm³/mol. The van der Waals surface area contributed by atoms with Crippen LogP contribution in [0, 0.1) is 0 Å². The van der Waals surface area contributed by atoms with Crippen molar-refractivity contribution in [1.82, 2.24) is 10.2 Å². The van der Waals surface area contributed by atoms with Gasteiger partial charge < -0.3 is 5.32 Å². The van der Waals surface area contributed by atoms with Gasteiger partial charge in [0.2, 0.25) is 0 Å². The highest BCUT2D eigenvalue weighted by Crippen LogP contribution is 2.30. The van der Waals surface area contributed by atoms with Crippen LogP contribution in [0.5, 0.6) is 0 Å². The van der Waals surface area contributed by atoms with Crippen molar-refractivity contribution in [3.05, 3.63) is 21.9 Å².